The van der Waals surface area contributed by atoms with E-state index in [0.29, 0.717) is 0 Å². The number of rotatable bonds is 5. The van der Waals surface area contributed by atoms with Gasteiger partial charge in [0.05, 0.1) is 6.61 Å². The van der Waals surface area contributed by atoms with E-state index >= 15 is 0 Å². The first-order valence-electron chi connectivity index (χ1n) is 5.05. The molecule has 0 amide bonds. The second-order valence-corrected chi connectivity index (χ2v) is 3.91. The maximum atomic E-state index is 8.88. The monoisotopic (exact) mass is 209 g/mol. The van der Waals surface area contributed by atoms with E-state index in [-0.39, 0.29) is 6.61 Å². The smallest absolute Gasteiger partial charge is 0.128 e. The summed E-state index contributed by atoms with van der Waals surface area (Å²) in [6, 6.07) is 3.83. The van der Waals surface area contributed by atoms with E-state index in [2.05, 4.69) is 28.9 Å². The minimum atomic E-state index is 0.0503. The van der Waals surface area contributed by atoms with Gasteiger partial charge >= 0.3 is 0 Å². The fraction of sp³-hybridized carbons (Fsp3) is 0.545. The highest BCUT2D eigenvalue weighted by molar-refractivity contribution is 5.38. The fourth-order valence-electron chi connectivity index (χ4n) is 1.20. The Labute approximate surface area is 91.2 Å². The third-order valence-electron chi connectivity index (χ3n) is 2.27. The number of aliphatic hydroxyl groups excluding tert-OH is 1. The third-order valence-corrected chi connectivity index (χ3v) is 2.27. The molecule has 0 aliphatic carbocycles. The van der Waals surface area contributed by atoms with Crippen LogP contribution in [0.5, 0.6) is 0 Å². The third kappa shape index (κ3) is 3.85. The summed E-state index contributed by atoms with van der Waals surface area (Å²) >= 11 is 0. The lowest BCUT2D eigenvalue weighted by Gasteiger charge is -2.20. The van der Waals surface area contributed by atoms with Crippen molar-refractivity contribution >= 4 is 5.82 Å². The molecule has 4 nitrogen and oxygen atoms in total. The molecule has 0 aromatic carbocycles. The van der Waals surface area contributed by atoms with Gasteiger partial charge in [-0.3, -0.25) is 0 Å². The molecule has 15 heavy (non-hydrogen) atoms. The van der Waals surface area contributed by atoms with E-state index in [0.717, 1.165) is 24.5 Å². The molecule has 1 aromatic rings. The van der Waals surface area contributed by atoms with Crippen LogP contribution in [0.2, 0.25) is 0 Å². The molecule has 0 saturated carbocycles. The first-order valence-corrected chi connectivity index (χ1v) is 5.05. The standard InChI is InChI=1S/C11H19N3O/c1-13(2)6-7-14(3)11-5-4-10(9-15)8-12-11/h4-5,8,15H,6-7,9H2,1-3H3. The van der Waals surface area contributed by atoms with Crippen molar-refractivity contribution in [1.29, 1.82) is 0 Å². The van der Waals surface area contributed by atoms with Crippen molar-refractivity contribution in [3.05, 3.63) is 23.9 Å². The summed E-state index contributed by atoms with van der Waals surface area (Å²) in [5.74, 6) is 0.939. The largest absolute Gasteiger partial charge is 0.392 e. The Kier molecular flexibility index (Phi) is 4.52. The lowest BCUT2D eigenvalue weighted by molar-refractivity contribution is 0.281. The van der Waals surface area contributed by atoms with Crippen molar-refractivity contribution in [2.24, 2.45) is 0 Å². The number of anilines is 1. The van der Waals surface area contributed by atoms with Gasteiger partial charge in [0.25, 0.3) is 0 Å². The molecule has 0 unspecified atom stereocenters. The molecule has 0 fully saturated rings. The van der Waals surface area contributed by atoms with Gasteiger partial charge in [0.2, 0.25) is 0 Å². The summed E-state index contributed by atoms with van der Waals surface area (Å²) in [6.45, 7) is 1.99. The highest BCUT2D eigenvalue weighted by atomic mass is 16.3. The maximum Gasteiger partial charge on any atom is 0.128 e. The van der Waals surface area contributed by atoms with Crippen LogP contribution < -0.4 is 4.90 Å². The minimum absolute atomic E-state index is 0.0503. The van der Waals surface area contributed by atoms with Crippen LogP contribution in [-0.4, -0.2) is 49.2 Å². The van der Waals surface area contributed by atoms with Gasteiger partial charge in [0.15, 0.2) is 0 Å². The first-order chi connectivity index (χ1) is 7.13. The minimum Gasteiger partial charge on any atom is -0.392 e. The summed E-state index contributed by atoms with van der Waals surface area (Å²) < 4.78 is 0. The van der Waals surface area contributed by atoms with Crippen LogP contribution in [-0.2, 0) is 6.61 Å². The van der Waals surface area contributed by atoms with Gasteiger partial charge < -0.3 is 14.9 Å². The topological polar surface area (TPSA) is 39.6 Å². The molecule has 0 spiro atoms. The summed E-state index contributed by atoms with van der Waals surface area (Å²) in [5, 5.41) is 8.88. The second kappa shape index (κ2) is 5.68. The number of aliphatic hydroxyl groups is 1. The SMILES string of the molecule is CN(C)CCN(C)c1ccc(CO)cn1. The highest BCUT2D eigenvalue weighted by Crippen LogP contribution is 2.09. The second-order valence-electron chi connectivity index (χ2n) is 3.91. The molecule has 0 bridgehead atoms. The molecule has 1 aromatic heterocycles. The van der Waals surface area contributed by atoms with E-state index in [1.807, 2.05) is 19.2 Å². The molecule has 0 radical (unpaired) electrons. The number of nitrogens with zero attached hydrogens (tertiary/aromatic N) is 3. The molecule has 0 atom stereocenters. The van der Waals surface area contributed by atoms with E-state index in [9.17, 15) is 0 Å². The molecule has 0 saturated heterocycles. The summed E-state index contributed by atoms with van der Waals surface area (Å²) in [6.07, 6.45) is 1.71. The summed E-state index contributed by atoms with van der Waals surface area (Å²) in [7, 11) is 6.12. The van der Waals surface area contributed by atoms with Gasteiger partial charge in [-0.25, -0.2) is 4.98 Å². The van der Waals surface area contributed by atoms with Crippen molar-refractivity contribution < 1.29 is 5.11 Å². The lowest BCUT2D eigenvalue weighted by Crippen LogP contribution is -2.28. The van der Waals surface area contributed by atoms with Crippen LogP contribution in [0.25, 0.3) is 0 Å². The normalized spacial score (nSPS) is 10.7. The first kappa shape index (κ1) is 11.9. The van der Waals surface area contributed by atoms with Crippen molar-refractivity contribution in [3.8, 4) is 0 Å². The van der Waals surface area contributed by atoms with Crippen LogP contribution in [0.4, 0.5) is 5.82 Å². The van der Waals surface area contributed by atoms with Crippen LogP contribution in [0.15, 0.2) is 18.3 Å². The Morgan fingerprint density at radius 2 is 1.93 bits per heavy atom. The number of pyridine rings is 1. The zero-order valence-electron chi connectivity index (χ0n) is 9.64. The lowest BCUT2D eigenvalue weighted by atomic mass is 10.3. The summed E-state index contributed by atoms with van der Waals surface area (Å²) in [5.41, 5.74) is 0.847. The van der Waals surface area contributed by atoms with Gasteiger partial charge in [-0.2, -0.15) is 0 Å². The van der Waals surface area contributed by atoms with Crippen LogP contribution in [0.1, 0.15) is 5.56 Å². The van der Waals surface area contributed by atoms with Crippen molar-refractivity contribution in [2.75, 3.05) is 39.1 Å². The molecule has 84 valence electrons. The van der Waals surface area contributed by atoms with Gasteiger partial charge in [-0.15, -0.1) is 0 Å². The van der Waals surface area contributed by atoms with Crippen molar-refractivity contribution in [2.45, 2.75) is 6.61 Å². The predicted molar refractivity (Wildman–Crippen MR) is 62.0 cm³/mol. The number of likely N-dealkylation sites (N-methyl/N-ethyl adjacent to an activating group) is 2. The van der Waals surface area contributed by atoms with Crippen LogP contribution in [0.3, 0.4) is 0 Å². The van der Waals surface area contributed by atoms with Gasteiger partial charge in [-0.1, -0.05) is 6.07 Å². The van der Waals surface area contributed by atoms with Crippen LogP contribution >= 0.6 is 0 Å². The predicted octanol–water partition coefficient (Wildman–Crippen LogP) is 0.572. The zero-order valence-corrected chi connectivity index (χ0v) is 9.64. The number of hydrogen-bond acceptors (Lipinski definition) is 4. The van der Waals surface area contributed by atoms with E-state index < -0.39 is 0 Å². The quantitative estimate of drug-likeness (QED) is 0.769. The molecule has 1 N–H and O–H groups in total. The van der Waals surface area contributed by atoms with Crippen molar-refractivity contribution in [1.82, 2.24) is 9.88 Å². The Balaban J connectivity index is 2.54. The van der Waals surface area contributed by atoms with Gasteiger partial charge in [-0.05, 0) is 25.7 Å². The van der Waals surface area contributed by atoms with E-state index in [4.69, 9.17) is 5.11 Å². The molecule has 1 heterocycles. The Bertz CT molecular complexity index is 284. The van der Waals surface area contributed by atoms with Crippen LogP contribution in [0, 0.1) is 0 Å². The highest BCUT2D eigenvalue weighted by Gasteiger charge is 2.02. The number of hydrogen-bond donors (Lipinski definition) is 1. The molecular formula is C11H19N3O. The van der Waals surface area contributed by atoms with Gasteiger partial charge in [0, 0.05) is 26.3 Å². The zero-order chi connectivity index (χ0) is 11.3. The average Bonchev–Trinajstić information content (AvgIpc) is 2.26. The van der Waals surface area contributed by atoms with Gasteiger partial charge in [0.1, 0.15) is 5.82 Å². The molecule has 4 heteroatoms. The average molecular weight is 209 g/mol. The molecule has 0 aliphatic heterocycles. The molecular weight excluding hydrogens is 190 g/mol. The Hall–Kier alpha value is -1.13. The molecule has 0 aliphatic rings. The Morgan fingerprint density at radius 3 is 2.40 bits per heavy atom. The number of aromatic nitrogens is 1. The van der Waals surface area contributed by atoms with Crippen molar-refractivity contribution in [3.63, 3.8) is 0 Å². The molecule has 1 rings (SSSR count). The summed E-state index contributed by atoms with van der Waals surface area (Å²) in [4.78, 5) is 8.51. The Morgan fingerprint density at radius 1 is 1.20 bits per heavy atom. The van der Waals surface area contributed by atoms with E-state index in [1.165, 1.54) is 0 Å². The maximum absolute atomic E-state index is 8.88. The fourth-order valence-corrected chi connectivity index (χ4v) is 1.20. The van der Waals surface area contributed by atoms with E-state index in [1.54, 1.807) is 6.20 Å².